The summed E-state index contributed by atoms with van der Waals surface area (Å²) in [4.78, 5) is 12.3. The van der Waals surface area contributed by atoms with Crippen molar-refractivity contribution in [3.05, 3.63) is 59.4 Å². The molecule has 0 radical (unpaired) electrons. The molecule has 138 valence electrons. The fourth-order valence-electron chi connectivity index (χ4n) is 2.52. The predicted molar refractivity (Wildman–Crippen MR) is 90.4 cm³/mol. The Morgan fingerprint density at radius 2 is 1.96 bits per heavy atom. The summed E-state index contributed by atoms with van der Waals surface area (Å²) in [6.45, 7) is -0.981. The molecule has 0 aromatic heterocycles. The van der Waals surface area contributed by atoms with Crippen LogP contribution in [0.4, 0.5) is 14.5 Å². The minimum atomic E-state index is -3.79. The number of halogens is 2. The van der Waals surface area contributed by atoms with Gasteiger partial charge in [-0.05, 0) is 36.4 Å². The van der Waals surface area contributed by atoms with E-state index in [1.54, 1.807) is 0 Å². The molecule has 0 aliphatic carbocycles. The molecule has 1 amide bonds. The Morgan fingerprint density at radius 3 is 2.62 bits per heavy atom. The van der Waals surface area contributed by atoms with E-state index in [4.69, 9.17) is 0 Å². The van der Waals surface area contributed by atoms with Gasteiger partial charge in [-0.2, -0.15) is 4.31 Å². The minimum absolute atomic E-state index is 0.0142. The number of sulfonamides is 1. The van der Waals surface area contributed by atoms with E-state index in [1.165, 1.54) is 36.4 Å². The van der Waals surface area contributed by atoms with Gasteiger partial charge in [0, 0.05) is 29.9 Å². The lowest BCUT2D eigenvalue weighted by Gasteiger charge is -2.34. The lowest BCUT2D eigenvalue weighted by molar-refractivity contribution is 0.0548. The van der Waals surface area contributed by atoms with Gasteiger partial charge in [-0.3, -0.25) is 4.79 Å². The largest absolute Gasteiger partial charge is 0.390 e. The number of benzene rings is 2. The second kappa shape index (κ2) is 7.10. The van der Waals surface area contributed by atoms with Crippen molar-refractivity contribution in [1.82, 2.24) is 4.31 Å². The van der Waals surface area contributed by atoms with Crippen molar-refractivity contribution in [2.45, 2.75) is 17.7 Å². The van der Waals surface area contributed by atoms with Crippen LogP contribution in [0.5, 0.6) is 0 Å². The van der Waals surface area contributed by atoms with Gasteiger partial charge in [0.1, 0.15) is 12.5 Å². The van der Waals surface area contributed by atoms with Gasteiger partial charge in [-0.25, -0.2) is 17.2 Å². The first kappa shape index (κ1) is 18.4. The maximum absolute atomic E-state index is 13.3. The van der Waals surface area contributed by atoms with E-state index in [1.807, 2.05) is 0 Å². The summed E-state index contributed by atoms with van der Waals surface area (Å²) in [5.41, 5.74) is 0.0944. The Kier molecular flexibility index (Phi) is 5.03. The molecule has 0 saturated carbocycles. The number of nitrogens with zero attached hydrogens (tertiary/aromatic N) is 1. The molecule has 0 spiro atoms. The number of aliphatic hydroxyl groups is 1. The van der Waals surface area contributed by atoms with Crippen molar-refractivity contribution in [2.24, 2.45) is 0 Å². The zero-order chi connectivity index (χ0) is 18.9. The van der Waals surface area contributed by atoms with Crippen LogP contribution >= 0.6 is 0 Å². The molecule has 1 aliphatic rings. The third-order valence-electron chi connectivity index (χ3n) is 4.01. The monoisotopic (exact) mass is 382 g/mol. The Hall–Kier alpha value is -2.36. The van der Waals surface area contributed by atoms with Gasteiger partial charge in [0.2, 0.25) is 10.0 Å². The smallest absolute Gasteiger partial charge is 0.255 e. The van der Waals surface area contributed by atoms with Gasteiger partial charge in [0.15, 0.2) is 0 Å². The quantitative estimate of drug-likeness (QED) is 0.827. The van der Waals surface area contributed by atoms with E-state index < -0.39 is 34.5 Å². The van der Waals surface area contributed by atoms with Crippen LogP contribution in [0.1, 0.15) is 15.9 Å². The molecule has 1 aliphatic heterocycles. The van der Waals surface area contributed by atoms with E-state index >= 15 is 0 Å². The molecule has 0 bridgehead atoms. The molecule has 0 atom stereocenters. The molecule has 9 heteroatoms. The Balaban J connectivity index is 1.80. The number of alkyl halides is 1. The highest BCUT2D eigenvalue weighted by Crippen LogP contribution is 2.23. The molecule has 2 aromatic carbocycles. The highest BCUT2D eigenvalue weighted by atomic mass is 32.2. The number of amides is 1. The lowest BCUT2D eigenvalue weighted by Crippen LogP contribution is -2.53. The molecular formula is C17H16F2N2O4S. The minimum Gasteiger partial charge on any atom is -0.390 e. The second-order valence-corrected chi connectivity index (χ2v) is 7.84. The van der Waals surface area contributed by atoms with Gasteiger partial charge in [0.25, 0.3) is 5.91 Å². The molecule has 1 fully saturated rings. The van der Waals surface area contributed by atoms with Crippen LogP contribution in [0.25, 0.3) is 0 Å². The SMILES string of the molecule is O=C(Nc1ccc(F)c(CF)c1)c1cccc(S(=O)(=O)N2CC(O)C2)c1. The molecule has 26 heavy (non-hydrogen) atoms. The number of carbonyl (C=O) groups is 1. The van der Waals surface area contributed by atoms with Crippen molar-refractivity contribution < 1.29 is 27.1 Å². The third kappa shape index (κ3) is 3.59. The summed E-state index contributed by atoms with van der Waals surface area (Å²) >= 11 is 0. The molecular weight excluding hydrogens is 366 g/mol. The summed E-state index contributed by atoms with van der Waals surface area (Å²) in [5, 5.41) is 11.8. The van der Waals surface area contributed by atoms with Gasteiger partial charge in [0.05, 0.1) is 11.0 Å². The first-order chi connectivity index (χ1) is 12.3. The normalized spacial score (nSPS) is 15.5. The fraction of sp³-hybridized carbons (Fsp3) is 0.235. The number of nitrogens with one attached hydrogen (secondary N) is 1. The van der Waals surface area contributed by atoms with Crippen LogP contribution in [0.2, 0.25) is 0 Å². The van der Waals surface area contributed by atoms with E-state index in [9.17, 15) is 27.1 Å². The number of hydrogen-bond acceptors (Lipinski definition) is 4. The van der Waals surface area contributed by atoms with Crippen molar-refractivity contribution in [3.8, 4) is 0 Å². The number of β-amino-alcohol motifs (C(OH)–C–C–N with tert-alkyl or cyclic N) is 1. The highest BCUT2D eigenvalue weighted by molar-refractivity contribution is 7.89. The van der Waals surface area contributed by atoms with Gasteiger partial charge >= 0.3 is 0 Å². The zero-order valence-electron chi connectivity index (χ0n) is 13.5. The van der Waals surface area contributed by atoms with Crippen molar-refractivity contribution in [3.63, 3.8) is 0 Å². The number of carbonyl (C=O) groups excluding carboxylic acids is 1. The first-order valence-electron chi connectivity index (χ1n) is 7.75. The molecule has 0 unspecified atom stereocenters. The summed E-state index contributed by atoms with van der Waals surface area (Å²) in [6, 6.07) is 8.93. The Labute approximate surface area is 149 Å². The summed E-state index contributed by atoms with van der Waals surface area (Å²) in [6.07, 6.45) is -0.681. The lowest BCUT2D eigenvalue weighted by atomic mass is 10.1. The van der Waals surface area contributed by atoms with E-state index in [0.717, 1.165) is 10.4 Å². The first-order valence-corrected chi connectivity index (χ1v) is 9.19. The summed E-state index contributed by atoms with van der Waals surface area (Å²) in [7, 11) is -3.79. The maximum Gasteiger partial charge on any atom is 0.255 e. The highest BCUT2D eigenvalue weighted by Gasteiger charge is 2.35. The fourth-order valence-corrected chi connectivity index (χ4v) is 4.08. The summed E-state index contributed by atoms with van der Waals surface area (Å²) in [5.74, 6) is -1.32. The van der Waals surface area contributed by atoms with E-state index in [2.05, 4.69) is 5.32 Å². The van der Waals surface area contributed by atoms with Crippen molar-refractivity contribution >= 4 is 21.6 Å². The van der Waals surface area contributed by atoms with Crippen LogP contribution in [-0.2, 0) is 16.7 Å². The standard InChI is InChI=1S/C17H16F2N2O4S/c18-8-12-6-13(4-5-16(12)19)20-17(23)11-2-1-3-15(7-11)26(24,25)21-9-14(22)10-21/h1-7,14,22H,8-10H2,(H,20,23). The van der Waals surface area contributed by atoms with Gasteiger partial charge in [-0.1, -0.05) is 6.07 Å². The molecule has 2 aromatic rings. The van der Waals surface area contributed by atoms with E-state index in [0.29, 0.717) is 0 Å². The van der Waals surface area contributed by atoms with Crippen LogP contribution < -0.4 is 5.32 Å². The Bertz CT molecular complexity index is 944. The van der Waals surface area contributed by atoms with Gasteiger partial charge in [-0.15, -0.1) is 0 Å². The maximum atomic E-state index is 13.3. The van der Waals surface area contributed by atoms with Crippen LogP contribution in [0.15, 0.2) is 47.4 Å². The number of hydrogen-bond donors (Lipinski definition) is 2. The van der Waals surface area contributed by atoms with Crippen molar-refractivity contribution in [2.75, 3.05) is 18.4 Å². The average Bonchev–Trinajstić information content (AvgIpc) is 2.60. The molecule has 6 nitrogen and oxygen atoms in total. The topological polar surface area (TPSA) is 86.7 Å². The summed E-state index contributed by atoms with van der Waals surface area (Å²) < 4.78 is 52.0. The number of aliphatic hydroxyl groups excluding tert-OH is 1. The predicted octanol–water partition coefficient (Wildman–Crippen LogP) is 1.91. The molecule has 2 N–H and O–H groups in total. The molecule has 1 heterocycles. The number of rotatable bonds is 5. The van der Waals surface area contributed by atoms with Crippen LogP contribution in [0, 0.1) is 5.82 Å². The van der Waals surface area contributed by atoms with Crippen LogP contribution in [0.3, 0.4) is 0 Å². The van der Waals surface area contributed by atoms with E-state index in [-0.39, 0.29) is 34.8 Å². The third-order valence-corrected chi connectivity index (χ3v) is 5.84. The average molecular weight is 382 g/mol. The van der Waals surface area contributed by atoms with Crippen molar-refractivity contribution in [1.29, 1.82) is 0 Å². The zero-order valence-corrected chi connectivity index (χ0v) is 14.3. The van der Waals surface area contributed by atoms with Gasteiger partial charge < -0.3 is 10.4 Å². The Morgan fingerprint density at radius 1 is 1.23 bits per heavy atom. The second-order valence-electron chi connectivity index (χ2n) is 5.90. The molecule has 3 rings (SSSR count). The molecule has 1 saturated heterocycles. The van der Waals surface area contributed by atoms with Crippen LogP contribution in [-0.4, -0.2) is 42.9 Å². The number of anilines is 1.